The van der Waals surface area contributed by atoms with Gasteiger partial charge in [0.15, 0.2) is 5.82 Å². The molecule has 0 spiro atoms. The van der Waals surface area contributed by atoms with Gasteiger partial charge in [-0.2, -0.15) is 9.67 Å². The van der Waals surface area contributed by atoms with Crippen LogP contribution in [0.1, 0.15) is 12.7 Å². The van der Waals surface area contributed by atoms with Crippen LogP contribution in [0.4, 0.5) is 5.95 Å². The predicted octanol–water partition coefficient (Wildman–Crippen LogP) is 2.02. The SMILES string of the molecule is CCc1nc(N)n(-c2nc3ccccc3s2)n1. The van der Waals surface area contributed by atoms with E-state index in [1.165, 1.54) is 0 Å². The number of benzene rings is 1. The summed E-state index contributed by atoms with van der Waals surface area (Å²) in [5.74, 6) is 1.13. The van der Waals surface area contributed by atoms with E-state index in [-0.39, 0.29) is 0 Å². The van der Waals surface area contributed by atoms with Crippen LogP contribution in [0.25, 0.3) is 15.3 Å². The van der Waals surface area contributed by atoms with E-state index in [4.69, 9.17) is 5.73 Å². The number of thiazole rings is 1. The molecule has 3 aromatic rings. The zero-order valence-corrected chi connectivity index (χ0v) is 10.1. The number of para-hydroxylation sites is 1. The van der Waals surface area contributed by atoms with Crippen LogP contribution >= 0.6 is 11.3 Å². The largest absolute Gasteiger partial charge is 0.368 e. The molecule has 0 fully saturated rings. The molecule has 0 aliphatic rings. The number of aromatic nitrogens is 4. The minimum Gasteiger partial charge on any atom is -0.368 e. The van der Waals surface area contributed by atoms with Gasteiger partial charge in [-0.15, -0.1) is 5.10 Å². The molecule has 2 heterocycles. The average molecular weight is 245 g/mol. The van der Waals surface area contributed by atoms with Gasteiger partial charge in [0.2, 0.25) is 11.1 Å². The summed E-state index contributed by atoms with van der Waals surface area (Å²) < 4.78 is 2.72. The molecule has 0 aliphatic heterocycles. The Labute approximate surface area is 102 Å². The van der Waals surface area contributed by atoms with Crippen molar-refractivity contribution in [2.45, 2.75) is 13.3 Å². The Balaban J connectivity index is 2.16. The van der Waals surface area contributed by atoms with Gasteiger partial charge in [-0.05, 0) is 12.1 Å². The van der Waals surface area contributed by atoms with Gasteiger partial charge in [-0.3, -0.25) is 0 Å². The van der Waals surface area contributed by atoms with E-state index in [0.717, 1.165) is 27.6 Å². The van der Waals surface area contributed by atoms with Crippen LogP contribution in [0.5, 0.6) is 0 Å². The molecular formula is C11H11N5S. The minimum absolute atomic E-state index is 0.390. The van der Waals surface area contributed by atoms with Gasteiger partial charge in [-0.25, -0.2) is 4.98 Å². The first-order valence-electron chi connectivity index (χ1n) is 5.35. The van der Waals surface area contributed by atoms with Gasteiger partial charge < -0.3 is 5.73 Å². The second-order valence-corrected chi connectivity index (χ2v) is 4.62. The van der Waals surface area contributed by atoms with E-state index in [0.29, 0.717) is 5.95 Å². The molecule has 0 amide bonds. The first-order chi connectivity index (χ1) is 8.28. The first-order valence-corrected chi connectivity index (χ1v) is 6.17. The Morgan fingerprint density at radius 3 is 2.82 bits per heavy atom. The normalized spacial score (nSPS) is 11.1. The summed E-state index contributed by atoms with van der Waals surface area (Å²) >= 11 is 1.56. The van der Waals surface area contributed by atoms with Crippen molar-refractivity contribution in [2.24, 2.45) is 0 Å². The van der Waals surface area contributed by atoms with Crippen molar-refractivity contribution < 1.29 is 0 Å². The second kappa shape index (κ2) is 3.81. The Bertz CT molecular complexity index is 636. The van der Waals surface area contributed by atoms with Gasteiger partial charge in [0.1, 0.15) is 0 Å². The van der Waals surface area contributed by atoms with Gasteiger partial charge in [0.05, 0.1) is 10.2 Å². The monoisotopic (exact) mass is 245 g/mol. The van der Waals surface area contributed by atoms with Crippen molar-refractivity contribution in [2.75, 3.05) is 5.73 Å². The van der Waals surface area contributed by atoms with Crippen LogP contribution in [-0.2, 0) is 6.42 Å². The maximum absolute atomic E-state index is 5.83. The number of aryl methyl sites for hydroxylation is 1. The van der Waals surface area contributed by atoms with Crippen molar-refractivity contribution in [3.05, 3.63) is 30.1 Å². The Morgan fingerprint density at radius 2 is 2.12 bits per heavy atom. The lowest BCUT2D eigenvalue weighted by Gasteiger charge is -1.94. The number of rotatable bonds is 2. The first kappa shape index (κ1) is 10.2. The maximum Gasteiger partial charge on any atom is 0.225 e. The van der Waals surface area contributed by atoms with Crippen molar-refractivity contribution in [3.8, 4) is 5.13 Å². The van der Waals surface area contributed by atoms with Crippen molar-refractivity contribution >= 4 is 27.5 Å². The fourth-order valence-corrected chi connectivity index (χ4v) is 2.54. The van der Waals surface area contributed by atoms with Crippen molar-refractivity contribution in [1.29, 1.82) is 0 Å². The van der Waals surface area contributed by atoms with Crippen molar-refractivity contribution in [3.63, 3.8) is 0 Å². The van der Waals surface area contributed by atoms with Gasteiger partial charge >= 0.3 is 0 Å². The van der Waals surface area contributed by atoms with Gasteiger partial charge in [0, 0.05) is 6.42 Å². The Kier molecular flexibility index (Phi) is 2.29. The number of anilines is 1. The lowest BCUT2D eigenvalue weighted by molar-refractivity contribution is 0.840. The molecule has 0 radical (unpaired) electrons. The summed E-state index contributed by atoms with van der Waals surface area (Å²) in [4.78, 5) is 8.66. The van der Waals surface area contributed by atoms with E-state index < -0.39 is 0 Å². The summed E-state index contributed by atoms with van der Waals surface area (Å²) in [5, 5.41) is 5.08. The van der Waals surface area contributed by atoms with Gasteiger partial charge in [0.25, 0.3) is 0 Å². The highest BCUT2D eigenvalue weighted by molar-refractivity contribution is 7.20. The van der Waals surface area contributed by atoms with E-state index in [2.05, 4.69) is 15.1 Å². The zero-order valence-electron chi connectivity index (χ0n) is 9.29. The van der Waals surface area contributed by atoms with E-state index in [1.54, 1.807) is 16.0 Å². The zero-order chi connectivity index (χ0) is 11.8. The molecule has 6 heteroatoms. The number of fused-ring (bicyclic) bond motifs is 1. The van der Waals surface area contributed by atoms with E-state index in [1.807, 2.05) is 31.2 Å². The smallest absolute Gasteiger partial charge is 0.225 e. The summed E-state index contributed by atoms with van der Waals surface area (Å²) in [6.45, 7) is 2.00. The molecule has 2 aromatic heterocycles. The molecular weight excluding hydrogens is 234 g/mol. The van der Waals surface area contributed by atoms with E-state index >= 15 is 0 Å². The molecule has 5 nitrogen and oxygen atoms in total. The van der Waals surface area contributed by atoms with Crippen LogP contribution < -0.4 is 5.73 Å². The van der Waals surface area contributed by atoms with Crippen LogP contribution in [0.2, 0.25) is 0 Å². The fourth-order valence-electron chi connectivity index (χ4n) is 1.61. The van der Waals surface area contributed by atoms with Crippen molar-refractivity contribution in [1.82, 2.24) is 19.7 Å². The molecule has 0 saturated carbocycles. The quantitative estimate of drug-likeness (QED) is 0.750. The molecule has 1 aromatic carbocycles. The standard InChI is InChI=1S/C11H11N5S/c1-2-9-14-10(12)16(15-9)11-13-7-5-3-4-6-8(7)17-11/h3-6H,2H2,1H3,(H2,12,14,15). The fraction of sp³-hybridized carbons (Fsp3) is 0.182. The highest BCUT2D eigenvalue weighted by Gasteiger charge is 2.11. The lowest BCUT2D eigenvalue weighted by atomic mass is 10.3. The van der Waals surface area contributed by atoms with Crippen LogP contribution in [0.3, 0.4) is 0 Å². The lowest BCUT2D eigenvalue weighted by Crippen LogP contribution is -2.01. The minimum atomic E-state index is 0.390. The topological polar surface area (TPSA) is 69.6 Å². The number of hydrogen-bond donors (Lipinski definition) is 1. The molecule has 0 aliphatic carbocycles. The van der Waals surface area contributed by atoms with Crippen LogP contribution in [0.15, 0.2) is 24.3 Å². The third-order valence-electron chi connectivity index (χ3n) is 2.46. The number of nitrogens with two attached hydrogens (primary N) is 1. The molecule has 17 heavy (non-hydrogen) atoms. The van der Waals surface area contributed by atoms with Gasteiger partial charge in [-0.1, -0.05) is 30.4 Å². The number of nitrogen functional groups attached to an aromatic ring is 1. The molecule has 0 unspecified atom stereocenters. The molecule has 0 bridgehead atoms. The Hall–Kier alpha value is -1.95. The molecule has 3 rings (SSSR count). The molecule has 86 valence electrons. The van der Waals surface area contributed by atoms with Crippen LogP contribution in [-0.4, -0.2) is 19.7 Å². The predicted molar refractivity (Wildman–Crippen MR) is 68.3 cm³/mol. The Morgan fingerprint density at radius 1 is 1.29 bits per heavy atom. The highest BCUT2D eigenvalue weighted by atomic mass is 32.1. The number of hydrogen-bond acceptors (Lipinski definition) is 5. The third-order valence-corrected chi connectivity index (χ3v) is 3.47. The summed E-state index contributed by atoms with van der Waals surface area (Å²) in [6, 6.07) is 7.97. The molecule has 2 N–H and O–H groups in total. The third kappa shape index (κ3) is 1.66. The van der Waals surface area contributed by atoms with Crippen LogP contribution in [0, 0.1) is 0 Å². The average Bonchev–Trinajstić information content (AvgIpc) is 2.91. The second-order valence-electron chi connectivity index (χ2n) is 3.62. The summed E-state index contributed by atoms with van der Waals surface area (Å²) in [5.41, 5.74) is 6.79. The summed E-state index contributed by atoms with van der Waals surface area (Å²) in [6.07, 6.45) is 0.766. The maximum atomic E-state index is 5.83. The summed E-state index contributed by atoms with van der Waals surface area (Å²) in [7, 11) is 0. The molecule has 0 atom stereocenters. The number of nitrogens with zero attached hydrogens (tertiary/aromatic N) is 4. The highest BCUT2D eigenvalue weighted by Crippen LogP contribution is 2.25. The van der Waals surface area contributed by atoms with E-state index in [9.17, 15) is 0 Å². The molecule has 0 saturated heterocycles.